The second-order valence-corrected chi connectivity index (χ2v) is 3.79. The fourth-order valence-electron chi connectivity index (χ4n) is 1.25. The van der Waals surface area contributed by atoms with Gasteiger partial charge in [0.15, 0.2) is 0 Å². The zero-order chi connectivity index (χ0) is 12.4. The molecule has 0 rings (SSSR count). The minimum Gasteiger partial charge on any atom is -0.480 e. The zero-order valence-electron chi connectivity index (χ0n) is 10.1. The molecule has 0 aromatic carbocycles. The lowest BCUT2D eigenvalue weighted by atomic mass is 10.1. The van der Waals surface area contributed by atoms with Gasteiger partial charge in [0.05, 0.1) is 0 Å². The lowest BCUT2D eigenvalue weighted by Crippen LogP contribution is -2.46. The van der Waals surface area contributed by atoms with Crippen LogP contribution in [-0.2, 0) is 4.79 Å². The van der Waals surface area contributed by atoms with E-state index in [1.54, 1.807) is 0 Å². The van der Waals surface area contributed by atoms with Crippen LogP contribution in [0.1, 0.15) is 46.0 Å². The first-order chi connectivity index (χ1) is 7.61. The minimum absolute atomic E-state index is 0.392. The minimum atomic E-state index is -0.973. The summed E-state index contributed by atoms with van der Waals surface area (Å²) in [5, 5.41) is 14.0. The molecule has 0 aliphatic carbocycles. The maximum absolute atomic E-state index is 11.3. The summed E-state index contributed by atoms with van der Waals surface area (Å²) in [5.74, 6) is -0.973. The van der Waals surface area contributed by atoms with Crippen molar-refractivity contribution in [2.45, 2.75) is 52.0 Å². The lowest BCUT2D eigenvalue weighted by molar-refractivity contribution is -0.139. The number of aliphatic carboxylic acids is 1. The van der Waals surface area contributed by atoms with Crippen LogP contribution in [0.5, 0.6) is 0 Å². The molecule has 0 aliphatic heterocycles. The van der Waals surface area contributed by atoms with Gasteiger partial charge in [-0.1, -0.05) is 33.1 Å². The van der Waals surface area contributed by atoms with E-state index in [4.69, 9.17) is 5.11 Å². The number of carboxylic acid groups (broad SMARTS) is 1. The summed E-state index contributed by atoms with van der Waals surface area (Å²) in [6.07, 6.45) is 4.10. The largest absolute Gasteiger partial charge is 0.480 e. The second-order valence-electron chi connectivity index (χ2n) is 3.79. The van der Waals surface area contributed by atoms with Crippen molar-refractivity contribution >= 4 is 12.0 Å². The standard InChI is InChI=1S/C11H22N2O3/c1-3-5-7-9(10(14)15)13-11(16)12-8-6-4-2/h9H,3-8H2,1-2H3,(H,14,15)(H2,12,13,16). The molecule has 0 aromatic heterocycles. The van der Waals surface area contributed by atoms with Gasteiger partial charge in [-0.2, -0.15) is 0 Å². The van der Waals surface area contributed by atoms with Crippen molar-refractivity contribution in [3.05, 3.63) is 0 Å². The summed E-state index contributed by atoms with van der Waals surface area (Å²) >= 11 is 0. The molecule has 0 saturated heterocycles. The molecule has 0 aromatic rings. The van der Waals surface area contributed by atoms with Crippen molar-refractivity contribution in [2.24, 2.45) is 0 Å². The number of nitrogens with one attached hydrogen (secondary N) is 2. The number of rotatable bonds is 8. The zero-order valence-corrected chi connectivity index (χ0v) is 10.1. The van der Waals surface area contributed by atoms with Crippen molar-refractivity contribution in [3.8, 4) is 0 Å². The molecule has 0 radical (unpaired) electrons. The molecule has 0 bridgehead atoms. The van der Waals surface area contributed by atoms with E-state index >= 15 is 0 Å². The van der Waals surface area contributed by atoms with Crippen LogP contribution in [0.4, 0.5) is 4.79 Å². The van der Waals surface area contributed by atoms with Gasteiger partial charge in [0.2, 0.25) is 0 Å². The molecule has 3 N–H and O–H groups in total. The van der Waals surface area contributed by atoms with E-state index in [9.17, 15) is 9.59 Å². The van der Waals surface area contributed by atoms with Crippen LogP contribution in [-0.4, -0.2) is 29.7 Å². The first-order valence-corrected chi connectivity index (χ1v) is 5.89. The molecule has 0 aliphatic rings. The Morgan fingerprint density at radius 3 is 2.31 bits per heavy atom. The van der Waals surface area contributed by atoms with E-state index in [0.29, 0.717) is 13.0 Å². The highest BCUT2D eigenvalue weighted by Crippen LogP contribution is 2.00. The summed E-state index contributed by atoms with van der Waals surface area (Å²) in [6, 6.07) is -1.17. The van der Waals surface area contributed by atoms with E-state index in [1.165, 1.54) is 0 Å². The molecule has 0 spiro atoms. The normalized spacial score (nSPS) is 11.9. The highest BCUT2D eigenvalue weighted by molar-refractivity contribution is 5.82. The maximum Gasteiger partial charge on any atom is 0.326 e. The lowest BCUT2D eigenvalue weighted by Gasteiger charge is -2.14. The Morgan fingerprint density at radius 2 is 1.81 bits per heavy atom. The SMILES string of the molecule is CCCCNC(=O)NC(CCCC)C(=O)O. The fourth-order valence-corrected chi connectivity index (χ4v) is 1.25. The van der Waals surface area contributed by atoms with E-state index in [-0.39, 0.29) is 0 Å². The smallest absolute Gasteiger partial charge is 0.326 e. The van der Waals surface area contributed by atoms with Crippen molar-refractivity contribution < 1.29 is 14.7 Å². The first kappa shape index (κ1) is 14.7. The number of urea groups is 1. The van der Waals surface area contributed by atoms with Gasteiger partial charge >= 0.3 is 12.0 Å². The molecule has 2 amide bonds. The van der Waals surface area contributed by atoms with Gasteiger partial charge in [-0.25, -0.2) is 9.59 Å². The average molecular weight is 230 g/mol. The molecule has 0 heterocycles. The number of hydrogen-bond acceptors (Lipinski definition) is 2. The number of carboxylic acids is 1. The Bertz CT molecular complexity index is 219. The van der Waals surface area contributed by atoms with Crippen LogP contribution in [0.25, 0.3) is 0 Å². The maximum atomic E-state index is 11.3. The molecular formula is C11H22N2O3. The monoisotopic (exact) mass is 230 g/mol. The van der Waals surface area contributed by atoms with Gasteiger partial charge < -0.3 is 15.7 Å². The molecule has 5 heteroatoms. The molecular weight excluding hydrogens is 208 g/mol. The van der Waals surface area contributed by atoms with Gasteiger partial charge in [-0.05, 0) is 12.8 Å². The predicted molar refractivity (Wildman–Crippen MR) is 62.4 cm³/mol. The van der Waals surface area contributed by atoms with E-state index < -0.39 is 18.0 Å². The van der Waals surface area contributed by atoms with Crippen LogP contribution in [0.15, 0.2) is 0 Å². The Hall–Kier alpha value is -1.26. The van der Waals surface area contributed by atoms with Crippen molar-refractivity contribution in [1.29, 1.82) is 0 Å². The highest BCUT2D eigenvalue weighted by Gasteiger charge is 2.18. The van der Waals surface area contributed by atoms with Crippen molar-refractivity contribution in [1.82, 2.24) is 10.6 Å². The Labute approximate surface area is 96.6 Å². The number of carbonyl (C=O) groups is 2. The molecule has 16 heavy (non-hydrogen) atoms. The van der Waals surface area contributed by atoms with E-state index in [0.717, 1.165) is 25.7 Å². The number of amides is 2. The van der Waals surface area contributed by atoms with E-state index in [2.05, 4.69) is 10.6 Å². The average Bonchev–Trinajstić information content (AvgIpc) is 2.24. The predicted octanol–water partition coefficient (Wildman–Crippen LogP) is 1.73. The van der Waals surface area contributed by atoms with Crippen molar-refractivity contribution in [2.75, 3.05) is 6.54 Å². The quantitative estimate of drug-likeness (QED) is 0.556. The van der Waals surface area contributed by atoms with Crippen LogP contribution in [0.3, 0.4) is 0 Å². The van der Waals surface area contributed by atoms with Crippen LogP contribution in [0, 0.1) is 0 Å². The first-order valence-electron chi connectivity index (χ1n) is 5.89. The molecule has 1 unspecified atom stereocenters. The Morgan fingerprint density at radius 1 is 1.19 bits per heavy atom. The number of unbranched alkanes of at least 4 members (excludes halogenated alkanes) is 2. The van der Waals surface area contributed by atoms with Crippen LogP contribution < -0.4 is 10.6 Å². The van der Waals surface area contributed by atoms with Gasteiger partial charge in [-0.15, -0.1) is 0 Å². The molecule has 5 nitrogen and oxygen atoms in total. The third-order valence-electron chi connectivity index (χ3n) is 2.27. The third-order valence-corrected chi connectivity index (χ3v) is 2.27. The molecule has 94 valence electrons. The van der Waals surface area contributed by atoms with Gasteiger partial charge in [0, 0.05) is 6.54 Å². The van der Waals surface area contributed by atoms with Crippen LogP contribution in [0.2, 0.25) is 0 Å². The highest BCUT2D eigenvalue weighted by atomic mass is 16.4. The number of carbonyl (C=O) groups excluding carboxylic acids is 1. The van der Waals surface area contributed by atoms with Crippen molar-refractivity contribution in [3.63, 3.8) is 0 Å². The summed E-state index contributed by atoms with van der Waals surface area (Å²) < 4.78 is 0. The second kappa shape index (κ2) is 9.00. The number of hydrogen-bond donors (Lipinski definition) is 3. The Kier molecular flexibility index (Phi) is 8.29. The Balaban J connectivity index is 3.88. The van der Waals surface area contributed by atoms with Gasteiger partial charge in [0.25, 0.3) is 0 Å². The molecule has 1 atom stereocenters. The summed E-state index contributed by atoms with van der Waals surface area (Å²) in [7, 11) is 0. The topological polar surface area (TPSA) is 78.4 Å². The fraction of sp³-hybridized carbons (Fsp3) is 0.818. The van der Waals surface area contributed by atoms with Gasteiger partial charge in [-0.3, -0.25) is 0 Å². The molecule has 0 fully saturated rings. The summed E-state index contributed by atoms with van der Waals surface area (Å²) in [5.41, 5.74) is 0. The summed E-state index contributed by atoms with van der Waals surface area (Å²) in [4.78, 5) is 22.1. The molecule has 0 saturated carbocycles. The third kappa shape index (κ3) is 7.09. The van der Waals surface area contributed by atoms with E-state index in [1.807, 2.05) is 13.8 Å². The summed E-state index contributed by atoms with van der Waals surface area (Å²) in [6.45, 7) is 4.60. The van der Waals surface area contributed by atoms with Crippen LogP contribution >= 0.6 is 0 Å². The van der Waals surface area contributed by atoms with Gasteiger partial charge in [0.1, 0.15) is 6.04 Å².